The van der Waals surface area contributed by atoms with E-state index in [1.807, 2.05) is 0 Å². The molecule has 0 saturated carbocycles. The molecular formula is C12H14ClFN2O. The first kappa shape index (κ1) is 11.2. The third kappa shape index (κ3) is 2.24. The fraction of sp³-hybridized carbons (Fsp3) is 0.583. The van der Waals surface area contributed by atoms with Crippen LogP contribution >= 0.6 is 11.6 Å². The molecule has 17 heavy (non-hydrogen) atoms. The third-order valence-electron chi connectivity index (χ3n) is 3.57. The Morgan fingerprint density at radius 1 is 1.53 bits per heavy atom. The molecule has 2 saturated heterocycles. The zero-order chi connectivity index (χ0) is 11.8. The van der Waals surface area contributed by atoms with Crippen LogP contribution in [0.1, 0.15) is 19.3 Å². The van der Waals surface area contributed by atoms with Gasteiger partial charge < -0.3 is 10.1 Å². The van der Waals surface area contributed by atoms with Gasteiger partial charge in [-0.1, -0.05) is 11.6 Å². The maximum absolute atomic E-state index is 13.5. The van der Waals surface area contributed by atoms with E-state index >= 15 is 0 Å². The normalized spacial score (nSPS) is 30.8. The molecule has 5 heteroatoms. The Morgan fingerprint density at radius 3 is 3.06 bits per heavy atom. The van der Waals surface area contributed by atoms with E-state index in [9.17, 15) is 4.39 Å². The van der Waals surface area contributed by atoms with E-state index in [0.29, 0.717) is 29.7 Å². The Hall–Kier alpha value is -0.870. The van der Waals surface area contributed by atoms with Crippen LogP contribution in [-0.4, -0.2) is 23.7 Å². The second-order valence-corrected chi connectivity index (χ2v) is 5.17. The quantitative estimate of drug-likeness (QED) is 0.903. The van der Waals surface area contributed by atoms with Crippen molar-refractivity contribution in [1.82, 2.24) is 4.98 Å². The van der Waals surface area contributed by atoms with Crippen LogP contribution in [0.2, 0.25) is 5.02 Å². The van der Waals surface area contributed by atoms with E-state index in [0.717, 1.165) is 12.8 Å². The van der Waals surface area contributed by atoms with Gasteiger partial charge in [0.1, 0.15) is 0 Å². The van der Waals surface area contributed by atoms with Gasteiger partial charge in [0, 0.05) is 18.7 Å². The first-order valence-electron chi connectivity index (χ1n) is 5.93. The fourth-order valence-electron chi connectivity index (χ4n) is 2.73. The van der Waals surface area contributed by atoms with Crippen LogP contribution in [0.5, 0.6) is 0 Å². The second kappa shape index (κ2) is 4.42. The molecule has 1 aromatic heterocycles. The van der Waals surface area contributed by atoms with E-state index in [-0.39, 0.29) is 5.82 Å². The first-order chi connectivity index (χ1) is 8.22. The lowest BCUT2D eigenvalue weighted by Crippen LogP contribution is -2.24. The molecule has 0 radical (unpaired) electrons. The van der Waals surface area contributed by atoms with Gasteiger partial charge >= 0.3 is 0 Å². The minimum Gasteiger partial charge on any atom is -0.375 e. The molecule has 1 aromatic rings. The minimum absolute atomic E-state index is 0.275. The molecule has 3 atom stereocenters. The largest absolute Gasteiger partial charge is 0.375 e. The number of rotatable bonds is 3. The van der Waals surface area contributed by atoms with Gasteiger partial charge in [0.15, 0.2) is 11.6 Å². The summed E-state index contributed by atoms with van der Waals surface area (Å²) in [6, 6.07) is 1.27. The van der Waals surface area contributed by atoms with Gasteiger partial charge in [0.2, 0.25) is 0 Å². The van der Waals surface area contributed by atoms with Gasteiger partial charge in [-0.3, -0.25) is 0 Å². The average molecular weight is 257 g/mol. The van der Waals surface area contributed by atoms with E-state index in [4.69, 9.17) is 16.3 Å². The molecule has 0 aromatic carbocycles. The van der Waals surface area contributed by atoms with Crippen LogP contribution in [0.15, 0.2) is 12.3 Å². The third-order valence-corrected chi connectivity index (χ3v) is 3.78. The van der Waals surface area contributed by atoms with Gasteiger partial charge in [-0.05, 0) is 25.3 Å². The highest BCUT2D eigenvalue weighted by Gasteiger charge is 2.40. The molecule has 2 aliphatic heterocycles. The number of fused-ring (bicyclic) bond motifs is 2. The zero-order valence-electron chi connectivity index (χ0n) is 9.33. The van der Waals surface area contributed by atoms with Crippen molar-refractivity contribution >= 4 is 17.4 Å². The predicted octanol–water partition coefficient (Wildman–Crippen LogP) is 2.85. The van der Waals surface area contributed by atoms with E-state index in [1.165, 1.54) is 18.7 Å². The number of hydrogen-bond donors (Lipinski definition) is 1. The lowest BCUT2D eigenvalue weighted by Gasteiger charge is -2.19. The molecule has 0 aliphatic carbocycles. The Morgan fingerprint density at radius 2 is 2.41 bits per heavy atom. The van der Waals surface area contributed by atoms with Crippen molar-refractivity contribution in [3.8, 4) is 0 Å². The second-order valence-electron chi connectivity index (χ2n) is 4.73. The van der Waals surface area contributed by atoms with Crippen molar-refractivity contribution in [3.63, 3.8) is 0 Å². The number of pyridine rings is 1. The van der Waals surface area contributed by atoms with E-state index in [2.05, 4.69) is 10.3 Å². The SMILES string of the molecule is Fc1cc(Cl)cnc1NCC1CC2CCC1O2. The van der Waals surface area contributed by atoms with Gasteiger partial charge in [-0.25, -0.2) is 9.37 Å². The summed E-state index contributed by atoms with van der Waals surface area (Å²) in [5.74, 6) is 0.351. The number of hydrogen-bond acceptors (Lipinski definition) is 3. The number of nitrogens with zero attached hydrogens (tertiary/aromatic N) is 1. The highest BCUT2D eigenvalue weighted by molar-refractivity contribution is 6.30. The summed E-state index contributed by atoms with van der Waals surface area (Å²) in [6.45, 7) is 0.715. The first-order valence-corrected chi connectivity index (χ1v) is 6.30. The van der Waals surface area contributed by atoms with Crippen molar-refractivity contribution in [2.45, 2.75) is 31.5 Å². The lowest BCUT2D eigenvalue weighted by atomic mass is 9.89. The van der Waals surface area contributed by atoms with E-state index < -0.39 is 5.82 Å². The van der Waals surface area contributed by atoms with Gasteiger partial charge in [0.25, 0.3) is 0 Å². The molecule has 1 N–H and O–H groups in total. The number of ether oxygens (including phenoxy) is 1. The summed E-state index contributed by atoms with van der Waals surface area (Å²) in [4.78, 5) is 3.94. The summed E-state index contributed by atoms with van der Waals surface area (Å²) in [6.07, 6.45) is 5.61. The van der Waals surface area contributed by atoms with Crippen LogP contribution in [-0.2, 0) is 4.74 Å². The summed E-state index contributed by atoms with van der Waals surface area (Å²) < 4.78 is 19.2. The molecule has 0 spiro atoms. The topological polar surface area (TPSA) is 34.2 Å². The summed E-state index contributed by atoms with van der Waals surface area (Å²) in [5.41, 5.74) is 0. The Bertz CT molecular complexity index is 429. The van der Waals surface area contributed by atoms with Crippen LogP contribution in [0.4, 0.5) is 10.2 Å². The van der Waals surface area contributed by atoms with Gasteiger partial charge in [-0.15, -0.1) is 0 Å². The van der Waals surface area contributed by atoms with Crippen molar-refractivity contribution in [2.75, 3.05) is 11.9 Å². The molecule has 3 unspecified atom stereocenters. The molecule has 0 amide bonds. The zero-order valence-corrected chi connectivity index (χ0v) is 10.1. The molecule has 2 fully saturated rings. The average Bonchev–Trinajstić information content (AvgIpc) is 2.89. The number of halogens is 2. The van der Waals surface area contributed by atoms with Crippen molar-refractivity contribution in [2.24, 2.45) is 5.92 Å². The van der Waals surface area contributed by atoms with Crippen LogP contribution in [0.25, 0.3) is 0 Å². The standard InChI is InChI=1S/C12H14ClFN2O/c13-8-4-10(14)12(16-6-8)15-5-7-3-9-1-2-11(7)17-9/h4,6-7,9,11H,1-3,5H2,(H,15,16). The molecule has 2 bridgehead atoms. The maximum Gasteiger partial charge on any atom is 0.166 e. The Labute approximate surface area is 104 Å². The molecule has 3 heterocycles. The van der Waals surface area contributed by atoms with Gasteiger partial charge in [0.05, 0.1) is 17.2 Å². The molecule has 3 rings (SSSR count). The van der Waals surface area contributed by atoms with Gasteiger partial charge in [-0.2, -0.15) is 0 Å². The number of anilines is 1. The molecule has 2 aliphatic rings. The summed E-state index contributed by atoms with van der Waals surface area (Å²) in [5, 5.41) is 3.36. The van der Waals surface area contributed by atoms with Crippen molar-refractivity contribution < 1.29 is 9.13 Å². The molecule has 92 valence electrons. The highest BCUT2D eigenvalue weighted by Crippen LogP contribution is 2.38. The summed E-state index contributed by atoms with van der Waals surface area (Å²) >= 11 is 5.65. The molecular weight excluding hydrogens is 243 g/mol. The van der Waals surface area contributed by atoms with Crippen molar-refractivity contribution in [3.05, 3.63) is 23.1 Å². The smallest absolute Gasteiger partial charge is 0.166 e. The minimum atomic E-state index is -0.401. The van der Waals surface area contributed by atoms with Crippen LogP contribution in [0.3, 0.4) is 0 Å². The maximum atomic E-state index is 13.5. The monoisotopic (exact) mass is 256 g/mol. The van der Waals surface area contributed by atoms with Crippen molar-refractivity contribution in [1.29, 1.82) is 0 Å². The fourth-order valence-corrected chi connectivity index (χ4v) is 2.87. The summed E-state index contributed by atoms with van der Waals surface area (Å²) in [7, 11) is 0. The highest BCUT2D eigenvalue weighted by atomic mass is 35.5. The van der Waals surface area contributed by atoms with E-state index in [1.54, 1.807) is 0 Å². The van der Waals surface area contributed by atoms with Crippen LogP contribution in [0, 0.1) is 11.7 Å². The molecule has 3 nitrogen and oxygen atoms in total. The number of aromatic nitrogens is 1. The number of nitrogens with one attached hydrogen (secondary N) is 1. The Kier molecular flexibility index (Phi) is 2.92. The lowest BCUT2D eigenvalue weighted by molar-refractivity contribution is 0.0941. The predicted molar refractivity (Wildman–Crippen MR) is 63.7 cm³/mol. The Balaban J connectivity index is 1.60. The van der Waals surface area contributed by atoms with Crippen LogP contribution < -0.4 is 5.32 Å².